The van der Waals surface area contributed by atoms with Gasteiger partial charge in [0.1, 0.15) is 5.78 Å². The lowest BCUT2D eigenvalue weighted by molar-refractivity contribution is -0.141. The van der Waals surface area contributed by atoms with Crippen molar-refractivity contribution in [2.24, 2.45) is 11.8 Å². The molecule has 0 radical (unpaired) electrons. The lowest BCUT2D eigenvalue weighted by Crippen LogP contribution is -2.23. The van der Waals surface area contributed by atoms with Crippen LogP contribution in [0.1, 0.15) is 24.0 Å². The van der Waals surface area contributed by atoms with Crippen LogP contribution in [0, 0.1) is 18.8 Å². The fraction of sp³-hybridized carbons (Fsp3) is 0.429. The van der Waals surface area contributed by atoms with E-state index in [1.165, 1.54) is 0 Å². The highest BCUT2D eigenvalue weighted by molar-refractivity contribution is 6.03. The average Bonchev–Trinajstić information content (AvgIpc) is 2.87. The highest BCUT2D eigenvalue weighted by Gasteiger charge is 2.75. The molecular weight excluding hydrogens is 216 g/mol. The first-order valence-corrected chi connectivity index (χ1v) is 5.91. The Balaban J connectivity index is 2.07. The van der Waals surface area contributed by atoms with Crippen molar-refractivity contribution in [3.05, 3.63) is 35.4 Å². The van der Waals surface area contributed by atoms with E-state index in [4.69, 9.17) is 0 Å². The number of carboxylic acid groups (broad SMARTS) is 1. The summed E-state index contributed by atoms with van der Waals surface area (Å²) in [5.74, 6) is -1.19. The van der Waals surface area contributed by atoms with Crippen molar-refractivity contribution in [2.45, 2.75) is 25.2 Å². The third kappa shape index (κ3) is 1.17. The molecule has 2 fully saturated rings. The first-order chi connectivity index (χ1) is 8.08. The number of carbonyl (C=O) groups excluding carboxylic acids is 1. The van der Waals surface area contributed by atoms with E-state index in [0.717, 1.165) is 17.5 Å². The number of ketones is 1. The fourth-order valence-corrected chi connectivity index (χ4v) is 3.48. The van der Waals surface area contributed by atoms with E-state index in [-0.39, 0.29) is 11.7 Å². The predicted octanol–water partition coefficient (Wildman–Crippen LogP) is 1.93. The van der Waals surface area contributed by atoms with Crippen LogP contribution in [0.4, 0.5) is 0 Å². The Morgan fingerprint density at radius 3 is 2.53 bits per heavy atom. The molecule has 1 aromatic carbocycles. The van der Waals surface area contributed by atoms with Crippen LogP contribution >= 0.6 is 0 Å². The zero-order valence-electron chi connectivity index (χ0n) is 9.64. The molecule has 2 saturated carbocycles. The van der Waals surface area contributed by atoms with Crippen molar-refractivity contribution in [1.29, 1.82) is 0 Å². The van der Waals surface area contributed by atoms with Crippen molar-refractivity contribution < 1.29 is 14.7 Å². The standard InChI is InChI=1S/C14H14O3/c1-8-2-4-9(5-3-8)14-10(6-7-11(14)15)12(14)13(16)17/h2-5,10,12H,6-7H2,1H3,(H,16,17)/t10-,12-,14-/m0/s1. The highest BCUT2D eigenvalue weighted by Crippen LogP contribution is 2.67. The molecule has 1 N–H and O–H groups in total. The molecule has 0 bridgehead atoms. The van der Waals surface area contributed by atoms with Gasteiger partial charge in [0.2, 0.25) is 0 Å². The summed E-state index contributed by atoms with van der Waals surface area (Å²) in [6.45, 7) is 1.98. The molecule has 3 heteroatoms. The van der Waals surface area contributed by atoms with Gasteiger partial charge in [-0.15, -0.1) is 0 Å². The Labute approximate surface area is 99.5 Å². The molecule has 0 unspecified atom stereocenters. The summed E-state index contributed by atoms with van der Waals surface area (Å²) in [7, 11) is 0. The number of Topliss-reactive ketones (excluding diaryl/α,β-unsaturated/α-hetero) is 1. The second-order valence-electron chi connectivity index (χ2n) is 5.12. The summed E-state index contributed by atoms with van der Waals surface area (Å²) < 4.78 is 0. The molecule has 1 aromatic rings. The minimum absolute atomic E-state index is 0.0233. The number of hydrogen-bond acceptors (Lipinski definition) is 2. The molecule has 0 amide bonds. The highest BCUT2D eigenvalue weighted by atomic mass is 16.4. The van der Waals surface area contributed by atoms with Crippen molar-refractivity contribution >= 4 is 11.8 Å². The summed E-state index contributed by atoms with van der Waals surface area (Å²) in [6.07, 6.45) is 1.26. The normalized spacial score (nSPS) is 34.5. The lowest BCUT2D eigenvalue weighted by atomic mass is 9.89. The van der Waals surface area contributed by atoms with Crippen LogP contribution in [0.3, 0.4) is 0 Å². The van der Waals surface area contributed by atoms with Gasteiger partial charge in [-0.2, -0.15) is 0 Å². The molecule has 3 rings (SSSR count). The number of aryl methyl sites for hydroxylation is 1. The zero-order chi connectivity index (χ0) is 12.2. The quantitative estimate of drug-likeness (QED) is 0.844. The van der Waals surface area contributed by atoms with Crippen LogP contribution in [-0.2, 0) is 15.0 Å². The number of fused-ring (bicyclic) bond motifs is 1. The first-order valence-electron chi connectivity index (χ1n) is 5.91. The summed E-state index contributed by atoms with van der Waals surface area (Å²) in [5, 5.41) is 9.21. The van der Waals surface area contributed by atoms with Crippen LogP contribution in [0.25, 0.3) is 0 Å². The molecule has 0 spiro atoms. The summed E-state index contributed by atoms with van der Waals surface area (Å²) in [4.78, 5) is 23.3. The molecule has 88 valence electrons. The minimum Gasteiger partial charge on any atom is -0.481 e. The summed E-state index contributed by atoms with van der Waals surface area (Å²) in [5.41, 5.74) is 1.32. The topological polar surface area (TPSA) is 54.4 Å². The lowest BCUT2D eigenvalue weighted by Gasteiger charge is -2.13. The van der Waals surface area contributed by atoms with Gasteiger partial charge in [0.25, 0.3) is 0 Å². The van der Waals surface area contributed by atoms with Crippen molar-refractivity contribution in [1.82, 2.24) is 0 Å². The van der Waals surface area contributed by atoms with Gasteiger partial charge in [-0.3, -0.25) is 9.59 Å². The molecule has 17 heavy (non-hydrogen) atoms. The van der Waals surface area contributed by atoms with Gasteiger partial charge in [0.15, 0.2) is 0 Å². The smallest absolute Gasteiger partial charge is 0.308 e. The SMILES string of the molecule is Cc1ccc([C@@]23C(=O)CC[C@H]2[C@H]3C(=O)O)cc1. The van der Waals surface area contributed by atoms with Crippen molar-refractivity contribution in [3.63, 3.8) is 0 Å². The van der Waals surface area contributed by atoms with Crippen LogP contribution in [0.15, 0.2) is 24.3 Å². The Hall–Kier alpha value is -1.64. The first kappa shape index (κ1) is 10.5. The maximum absolute atomic E-state index is 12.1. The molecule has 0 saturated heterocycles. The number of carboxylic acids is 1. The second-order valence-corrected chi connectivity index (χ2v) is 5.12. The Morgan fingerprint density at radius 1 is 1.35 bits per heavy atom. The molecule has 3 nitrogen and oxygen atoms in total. The molecule has 0 aromatic heterocycles. The zero-order valence-corrected chi connectivity index (χ0v) is 9.64. The maximum Gasteiger partial charge on any atom is 0.308 e. The molecule has 3 atom stereocenters. The number of carbonyl (C=O) groups is 2. The summed E-state index contributed by atoms with van der Waals surface area (Å²) >= 11 is 0. The van der Waals surface area contributed by atoms with E-state index in [1.54, 1.807) is 0 Å². The second kappa shape index (κ2) is 3.19. The van der Waals surface area contributed by atoms with Gasteiger partial charge in [0, 0.05) is 6.42 Å². The van der Waals surface area contributed by atoms with Crippen LogP contribution in [-0.4, -0.2) is 16.9 Å². The molecule has 2 aliphatic rings. The van der Waals surface area contributed by atoms with E-state index in [9.17, 15) is 14.7 Å². The molecule has 2 aliphatic carbocycles. The van der Waals surface area contributed by atoms with E-state index in [1.807, 2.05) is 31.2 Å². The third-order valence-corrected chi connectivity index (χ3v) is 4.31. The number of hydrogen-bond donors (Lipinski definition) is 1. The number of rotatable bonds is 2. The summed E-state index contributed by atoms with van der Waals surface area (Å²) in [6, 6.07) is 7.72. The van der Waals surface area contributed by atoms with Gasteiger partial charge in [-0.05, 0) is 24.8 Å². The van der Waals surface area contributed by atoms with E-state index < -0.39 is 17.3 Å². The molecule has 0 heterocycles. The minimum atomic E-state index is -0.830. The van der Waals surface area contributed by atoms with E-state index in [0.29, 0.717) is 6.42 Å². The predicted molar refractivity (Wildman–Crippen MR) is 61.7 cm³/mol. The molecule has 0 aliphatic heterocycles. The Morgan fingerprint density at radius 2 is 2.00 bits per heavy atom. The monoisotopic (exact) mass is 230 g/mol. The Kier molecular flexibility index (Phi) is 1.97. The molecular formula is C14H14O3. The average molecular weight is 230 g/mol. The van der Waals surface area contributed by atoms with Gasteiger partial charge < -0.3 is 5.11 Å². The van der Waals surface area contributed by atoms with E-state index in [2.05, 4.69) is 0 Å². The van der Waals surface area contributed by atoms with Gasteiger partial charge in [-0.1, -0.05) is 29.8 Å². The third-order valence-electron chi connectivity index (χ3n) is 4.31. The van der Waals surface area contributed by atoms with E-state index >= 15 is 0 Å². The maximum atomic E-state index is 12.1. The van der Waals surface area contributed by atoms with Crippen LogP contribution in [0.5, 0.6) is 0 Å². The van der Waals surface area contributed by atoms with Gasteiger partial charge in [0.05, 0.1) is 11.3 Å². The van der Waals surface area contributed by atoms with Crippen molar-refractivity contribution in [2.75, 3.05) is 0 Å². The van der Waals surface area contributed by atoms with Crippen molar-refractivity contribution in [3.8, 4) is 0 Å². The van der Waals surface area contributed by atoms with Crippen LogP contribution in [0.2, 0.25) is 0 Å². The Bertz CT molecular complexity index is 503. The number of aliphatic carboxylic acids is 1. The fourth-order valence-electron chi connectivity index (χ4n) is 3.48. The largest absolute Gasteiger partial charge is 0.481 e. The van der Waals surface area contributed by atoms with Gasteiger partial charge in [-0.25, -0.2) is 0 Å². The van der Waals surface area contributed by atoms with Crippen LogP contribution < -0.4 is 0 Å². The van der Waals surface area contributed by atoms with Gasteiger partial charge >= 0.3 is 5.97 Å². The number of benzene rings is 1.